The van der Waals surface area contributed by atoms with Crippen molar-refractivity contribution in [2.24, 2.45) is 0 Å². The number of hydrogen-bond donors (Lipinski definition) is 3. The SMILES string of the molecule is O=C(CSc1cccc(NC(=O)/C(=C\c2c(F)cccc2Cl)NC(=O)c2ccccc2)c1)Nc1ccc(I)cc1. The quantitative estimate of drug-likeness (QED) is 0.0987. The molecular formula is C30H22ClFIN3O3S. The van der Waals surface area contributed by atoms with E-state index < -0.39 is 17.6 Å². The first-order valence-electron chi connectivity index (χ1n) is 11.9. The van der Waals surface area contributed by atoms with Crippen LogP contribution in [0.3, 0.4) is 0 Å². The molecule has 0 heterocycles. The van der Waals surface area contributed by atoms with Gasteiger partial charge in [0.2, 0.25) is 5.91 Å². The van der Waals surface area contributed by atoms with E-state index in [1.165, 1.54) is 36.0 Å². The van der Waals surface area contributed by atoms with Gasteiger partial charge in [-0.05, 0) is 95.4 Å². The van der Waals surface area contributed by atoms with E-state index in [1.54, 1.807) is 48.5 Å². The first-order valence-corrected chi connectivity index (χ1v) is 14.3. The fraction of sp³-hybridized carbons (Fsp3) is 0.0333. The number of benzene rings is 4. The maximum atomic E-state index is 14.5. The summed E-state index contributed by atoms with van der Waals surface area (Å²) in [6.45, 7) is 0. The number of anilines is 2. The number of hydrogen-bond acceptors (Lipinski definition) is 4. The smallest absolute Gasteiger partial charge is 0.272 e. The minimum Gasteiger partial charge on any atom is -0.325 e. The topological polar surface area (TPSA) is 87.3 Å². The standard InChI is InChI=1S/C30H22ClFIN3O3S/c31-25-10-5-11-26(32)24(25)17-27(36-29(38)19-6-2-1-3-7-19)30(39)35-22-8-4-9-23(16-22)40-18-28(37)34-21-14-12-20(33)13-15-21/h1-17H,18H2,(H,34,37)(H,35,39)(H,36,38)/b27-17+. The van der Waals surface area contributed by atoms with Crippen molar-refractivity contribution in [2.45, 2.75) is 4.90 Å². The van der Waals surface area contributed by atoms with Crippen molar-refractivity contribution in [1.29, 1.82) is 0 Å². The first kappa shape index (κ1) is 29.3. The molecule has 202 valence electrons. The van der Waals surface area contributed by atoms with Crippen molar-refractivity contribution in [1.82, 2.24) is 5.32 Å². The fourth-order valence-corrected chi connectivity index (χ4v) is 4.81. The molecule has 0 aromatic heterocycles. The molecule has 4 rings (SSSR count). The van der Waals surface area contributed by atoms with Crippen LogP contribution in [0.4, 0.5) is 15.8 Å². The molecule has 0 bridgehead atoms. The van der Waals surface area contributed by atoms with Crippen LogP contribution in [0.15, 0.2) is 108 Å². The second kappa shape index (κ2) is 14.1. The van der Waals surface area contributed by atoms with Crippen LogP contribution in [-0.4, -0.2) is 23.5 Å². The molecule has 0 aliphatic rings. The second-order valence-electron chi connectivity index (χ2n) is 8.34. The molecule has 0 atom stereocenters. The summed E-state index contributed by atoms with van der Waals surface area (Å²) in [5.74, 6) is -1.88. The molecule has 4 aromatic rings. The zero-order chi connectivity index (χ0) is 28.5. The Kier molecular flexibility index (Phi) is 10.3. The van der Waals surface area contributed by atoms with Crippen LogP contribution in [0, 0.1) is 9.39 Å². The number of carbonyl (C=O) groups is 3. The predicted octanol–water partition coefficient (Wildman–Crippen LogP) is 7.22. The van der Waals surface area contributed by atoms with Crippen LogP contribution in [0.1, 0.15) is 15.9 Å². The van der Waals surface area contributed by atoms with Gasteiger partial charge in [0.05, 0.1) is 10.8 Å². The molecule has 3 N–H and O–H groups in total. The third-order valence-corrected chi connectivity index (χ3v) is 7.45. The largest absolute Gasteiger partial charge is 0.325 e. The van der Waals surface area contributed by atoms with E-state index in [4.69, 9.17) is 11.6 Å². The minimum atomic E-state index is -0.679. The number of nitrogens with one attached hydrogen (secondary N) is 3. The van der Waals surface area contributed by atoms with E-state index in [-0.39, 0.29) is 27.9 Å². The van der Waals surface area contributed by atoms with Crippen molar-refractivity contribution in [3.8, 4) is 0 Å². The molecule has 0 aliphatic carbocycles. The molecule has 40 heavy (non-hydrogen) atoms. The summed E-state index contributed by atoms with van der Waals surface area (Å²) >= 11 is 9.66. The van der Waals surface area contributed by atoms with Gasteiger partial charge >= 0.3 is 0 Å². The van der Waals surface area contributed by atoms with E-state index in [2.05, 4.69) is 38.5 Å². The second-order valence-corrected chi connectivity index (χ2v) is 11.0. The molecule has 10 heteroatoms. The fourth-order valence-electron chi connectivity index (χ4n) is 3.48. The van der Waals surface area contributed by atoms with Crippen LogP contribution in [0.5, 0.6) is 0 Å². The molecule has 0 fully saturated rings. The lowest BCUT2D eigenvalue weighted by Gasteiger charge is -2.13. The van der Waals surface area contributed by atoms with Gasteiger partial charge in [0.25, 0.3) is 11.8 Å². The Bertz CT molecular complexity index is 1550. The van der Waals surface area contributed by atoms with Gasteiger partial charge in [-0.2, -0.15) is 0 Å². The van der Waals surface area contributed by atoms with Crippen molar-refractivity contribution in [3.05, 3.63) is 128 Å². The maximum absolute atomic E-state index is 14.5. The zero-order valence-electron chi connectivity index (χ0n) is 20.8. The van der Waals surface area contributed by atoms with E-state index in [9.17, 15) is 18.8 Å². The van der Waals surface area contributed by atoms with Gasteiger partial charge in [-0.1, -0.05) is 41.9 Å². The molecule has 3 amide bonds. The van der Waals surface area contributed by atoms with Crippen LogP contribution in [-0.2, 0) is 9.59 Å². The lowest BCUT2D eigenvalue weighted by atomic mass is 10.1. The number of amides is 3. The summed E-state index contributed by atoms with van der Waals surface area (Å²) in [6, 6.07) is 26.8. The average Bonchev–Trinajstić information content (AvgIpc) is 2.95. The van der Waals surface area contributed by atoms with Gasteiger partial charge in [0.15, 0.2) is 0 Å². The van der Waals surface area contributed by atoms with Crippen molar-refractivity contribution >= 4 is 81.1 Å². The lowest BCUT2D eigenvalue weighted by Crippen LogP contribution is -2.30. The Morgan fingerprint density at radius 2 is 1.57 bits per heavy atom. The van der Waals surface area contributed by atoms with E-state index >= 15 is 0 Å². The molecule has 0 saturated carbocycles. The van der Waals surface area contributed by atoms with Gasteiger partial charge in [0.1, 0.15) is 11.5 Å². The third kappa shape index (κ3) is 8.41. The number of thioether (sulfide) groups is 1. The molecule has 0 aliphatic heterocycles. The molecule has 0 radical (unpaired) electrons. The Labute approximate surface area is 253 Å². The minimum absolute atomic E-state index is 0.0360. The Morgan fingerprint density at radius 3 is 2.30 bits per heavy atom. The molecule has 4 aromatic carbocycles. The summed E-state index contributed by atoms with van der Waals surface area (Å²) in [5, 5.41) is 8.22. The monoisotopic (exact) mass is 685 g/mol. The highest BCUT2D eigenvalue weighted by Crippen LogP contribution is 2.24. The van der Waals surface area contributed by atoms with Gasteiger partial charge in [0, 0.05) is 31.0 Å². The number of halogens is 3. The zero-order valence-corrected chi connectivity index (χ0v) is 24.5. The highest BCUT2D eigenvalue weighted by molar-refractivity contribution is 14.1. The summed E-state index contributed by atoms with van der Waals surface area (Å²) in [7, 11) is 0. The number of carbonyl (C=O) groups excluding carboxylic acids is 3. The predicted molar refractivity (Wildman–Crippen MR) is 167 cm³/mol. The molecule has 0 unspecified atom stereocenters. The maximum Gasteiger partial charge on any atom is 0.272 e. The van der Waals surface area contributed by atoms with Crippen LogP contribution in [0.25, 0.3) is 6.08 Å². The Hall–Kier alpha value is -3.67. The van der Waals surface area contributed by atoms with Crippen LogP contribution >= 0.6 is 46.0 Å². The van der Waals surface area contributed by atoms with Crippen LogP contribution < -0.4 is 16.0 Å². The average molecular weight is 686 g/mol. The van der Waals surface area contributed by atoms with E-state index in [0.29, 0.717) is 16.9 Å². The third-order valence-electron chi connectivity index (χ3n) is 5.41. The first-order chi connectivity index (χ1) is 19.3. The molecule has 6 nitrogen and oxygen atoms in total. The normalized spacial score (nSPS) is 11.0. The van der Waals surface area contributed by atoms with Crippen LogP contribution in [0.2, 0.25) is 5.02 Å². The van der Waals surface area contributed by atoms with Crippen molar-refractivity contribution < 1.29 is 18.8 Å². The lowest BCUT2D eigenvalue weighted by molar-refractivity contribution is -0.114. The number of rotatable bonds is 9. The van der Waals surface area contributed by atoms with Crippen molar-refractivity contribution in [3.63, 3.8) is 0 Å². The van der Waals surface area contributed by atoms with E-state index in [0.717, 1.165) is 8.47 Å². The Balaban J connectivity index is 1.48. The summed E-state index contributed by atoms with van der Waals surface area (Å²) in [6.07, 6.45) is 1.20. The van der Waals surface area contributed by atoms with Gasteiger partial charge in [-0.15, -0.1) is 11.8 Å². The highest BCUT2D eigenvalue weighted by Gasteiger charge is 2.17. The highest BCUT2D eigenvalue weighted by atomic mass is 127. The Morgan fingerprint density at radius 1 is 0.850 bits per heavy atom. The summed E-state index contributed by atoms with van der Waals surface area (Å²) in [5.41, 5.74) is 1.22. The van der Waals surface area contributed by atoms with Gasteiger partial charge < -0.3 is 16.0 Å². The summed E-state index contributed by atoms with van der Waals surface area (Å²) in [4.78, 5) is 39.2. The van der Waals surface area contributed by atoms with E-state index in [1.807, 2.05) is 30.3 Å². The van der Waals surface area contributed by atoms with Crippen molar-refractivity contribution in [2.75, 3.05) is 16.4 Å². The molecule has 0 spiro atoms. The van der Waals surface area contributed by atoms with Gasteiger partial charge in [-0.3, -0.25) is 14.4 Å². The summed E-state index contributed by atoms with van der Waals surface area (Å²) < 4.78 is 15.6. The van der Waals surface area contributed by atoms with Gasteiger partial charge in [-0.25, -0.2) is 4.39 Å². The molecule has 0 saturated heterocycles. The molecular weight excluding hydrogens is 664 g/mol.